The van der Waals surface area contributed by atoms with Gasteiger partial charge in [0, 0.05) is 25.4 Å². The number of alkyl halides is 1. The van der Waals surface area contributed by atoms with Crippen molar-refractivity contribution >= 4 is 34.3 Å². The molecule has 1 aromatic heterocycles. The number of carbonyl (C=O) groups is 1. The van der Waals surface area contributed by atoms with Crippen LogP contribution in [0.3, 0.4) is 0 Å². The lowest BCUT2D eigenvalue weighted by atomic mass is 9.85. The van der Waals surface area contributed by atoms with Crippen molar-refractivity contribution in [3.05, 3.63) is 57.6 Å². The highest BCUT2D eigenvalue weighted by Gasteiger charge is 2.44. The van der Waals surface area contributed by atoms with Crippen LogP contribution in [-0.2, 0) is 0 Å². The van der Waals surface area contributed by atoms with Gasteiger partial charge in [0.25, 0.3) is 0 Å². The van der Waals surface area contributed by atoms with Gasteiger partial charge in [-0.05, 0) is 6.07 Å². The van der Waals surface area contributed by atoms with Crippen LogP contribution in [0.4, 0.5) is 19.3 Å². The summed E-state index contributed by atoms with van der Waals surface area (Å²) in [5.41, 5.74) is 5.17. The molecular weight excluding hydrogens is 432 g/mol. The molecule has 1 aromatic carbocycles. The first-order valence-corrected chi connectivity index (χ1v) is 10.1. The number of ether oxygens (including phenoxy) is 1. The summed E-state index contributed by atoms with van der Waals surface area (Å²) in [7, 11) is 0. The molecule has 10 heteroatoms. The second-order valence-corrected chi connectivity index (χ2v) is 8.56. The molecule has 1 aliphatic heterocycles. The van der Waals surface area contributed by atoms with E-state index >= 15 is 4.39 Å². The van der Waals surface area contributed by atoms with Crippen LogP contribution >= 0.6 is 11.6 Å². The molecule has 5 rings (SSSR count). The van der Waals surface area contributed by atoms with Crippen LogP contribution in [0.1, 0.15) is 12.5 Å². The molecule has 162 valence electrons. The van der Waals surface area contributed by atoms with Crippen molar-refractivity contribution in [1.82, 2.24) is 4.57 Å². The number of benzene rings is 1. The van der Waals surface area contributed by atoms with Crippen LogP contribution < -0.4 is 20.8 Å². The number of pyridine rings is 1. The van der Waals surface area contributed by atoms with Gasteiger partial charge in [-0.2, -0.15) is 0 Å². The Morgan fingerprint density at radius 1 is 1.39 bits per heavy atom. The first-order chi connectivity index (χ1) is 14.7. The van der Waals surface area contributed by atoms with E-state index in [-0.39, 0.29) is 34.0 Å². The lowest BCUT2D eigenvalue weighted by Crippen LogP contribution is -2.46. The van der Waals surface area contributed by atoms with Gasteiger partial charge in [0.1, 0.15) is 12.0 Å². The van der Waals surface area contributed by atoms with E-state index in [4.69, 9.17) is 22.4 Å². The van der Waals surface area contributed by atoms with Crippen molar-refractivity contribution in [2.75, 3.05) is 18.0 Å². The lowest BCUT2D eigenvalue weighted by molar-refractivity contribution is 0.143. The highest BCUT2D eigenvalue weighted by molar-refractivity contribution is 6.38. The molecule has 4 atom stereocenters. The number of halogens is 3. The molecule has 2 heterocycles. The molecular formula is C21H18ClF2N3O4. The summed E-state index contributed by atoms with van der Waals surface area (Å²) in [5.74, 6) is -1.34. The molecule has 0 amide bonds. The molecule has 7 nitrogen and oxygen atoms in total. The second kappa shape index (κ2) is 6.80. The first kappa shape index (κ1) is 20.0. The van der Waals surface area contributed by atoms with E-state index in [0.29, 0.717) is 13.1 Å². The maximum absolute atomic E-state index is 15.3. The Hall–Kier alpha value is -2.91. The molecule has 31 heavy (non-hydrogen) atoms. The molecule has 1 saturated carbocycles. The number of hydrogen-bond acceptors (Lipinski definition) is 5. The van der Waals surface area contributed by atoms with Gasteiger partial charge in [0.05, 0.1) is 39.4 Å². The normalized spacial score (nSPS) is 28.8. The topological polar surface area (TPSA) is 97.8 Å². The van der Waals surface area contributed by atoms with Crippen LogP contribution in [-0.4, -0.2) is 40.6 Å². The van der Waals surface area contributed by atoms with Gasteiger partial charge in [0.15, 0.2) is 5.75 Å². The van der Waals surface area contributed by atoms with Crippen molar-refractivity contribution in [3.8, 4) is 5.75 Å². The number of fused-ring (bicyclic) bond motifs is 2. The standard InChI is InChI=1S/C21H18ClF2N3O4/c22-16-17-11(19(28)15(31-20(29)30)8-27(17)14-6-12(14)23)5-13(24)18(16)26-7-10-3-1-2-4-21(10,25)9-26/h1-5,8,10,12,14H,6-7,9,25H2,(H,29,30)/t10-,12-,14+,21-/m0/s1. The van der Waals surface area contributed by atoms with E-state index in [9.17, 15) is 14.0 Å². The van der Waals surface area contributed by atoms with Crippen LogP contribution in [0, 0.1) is 11.7 Å². The average Bonchev–Trinajstić information content (AvgIpc) is 3.31. The van der Waals surface area contributed by atoms with Crippen LogP contribution in [0.2, 0.25) is 5.02 Å². The number of aromatic nitrogens is 1. The molecule has 3 aliphatic rings. The average molecular weight is 450 g/mol. The van der Waals surface area contributed by atoms with Crippen molar-refractivity contribution in [3.63, 3.8) is 0 Å². The van der Waals surface area contributed by atoms with E-state index in [1.165, 1.54) is 4.57 Å². The zero-order chi connectivity index (χ0) is 22.1. The predicted molar refractivity (Wildman–Crippen MR) is 111 cm³/mol. The third-order valence-corrected chi connectivity index (χ3v) is 6.49. The number of nitrogens with zero attached hydrogens (tertiary/aromatic N) is 2. The molecule has 0 bridgehead atoms. The zero-order valence-corrected chi connectivity index (χ0v) is 16.9. The van der Waals surface area contributed by atoms with E-state index in [1.54, 1.807) is 4.90 Å². The van der Waals surface area contributed by atoms with E-state index < -0.39 is 40.9 Å². The summed E-state index contributed by atoms with van der Waals surface area (Å²) < 4.78 is 35.1. The summed E-state index contributed by atoms with van der Waals surface area (Å²) in [6, 6.07) is 0.347. The minimum Gasteiger partial charge on any atom is -0.449 e. The van der Waals surface area contributed by atoms with E-state index in [2.05, 4.69) is 4.74 Å². The van der Waals surface area contributed by atoms with Gasteiger partial charge in [-0.15, -0.1) is 0 Å². The maximum Gasteiger partial charge on any atom is 0.511 e. The molecule has 0 spiro atoms. The molecule has 0 unspecified atom stereocenters. The van der Waals surface area contributed by atoms with Crippen LogP contribution in [0.15, 0.2) is 41.4 Å². The van der Waals surface area contributed by atoms with Gasteiger partial charge < -0.3 is 25.0 Å². The van der Waals surface area contributed by atoms with Crippen LogP contribution in [0.25, 0.3) is 10.9 Å². The highest BCUT2D eigenvalue weighted by Crippen LogP contribution is 2.46. The summed E-state index contributed by atoms with van der Waals surface area (Å²) in [6.07, 6.45) is 5.95. The fraction of sp³-hybridized carbons (Fsp3) is 0.333. The number of anilines is 1. The van der Waals surface area contributed by atoms with Crippen LogP contribution in [0.5, 0.6) is 5.75 Å². The summed E-state index contributed by atoms with van der Waals surface area (Å²) in [4.78, 5) is 25.4. The quantitative estimate of drug-likeness (QED) is 0.697. The third kappa shape index (κ3) is 3.11. The SMILES string of the molecule is N[C@]12C=CC=C[C@H]1CN(c1c(F)cc3c(=O)c(OC(=O)O)cn([C@@H]4C[C@@H]4F)c3c1Cl)C2. The Labute approximate surface area is 179 Å². The molecule has 1 saturated heterocycles. The largest absolute Gasteiger partial charge is 0.511 e. The zero-order valence-electron chi connectivity index (χ0n) is 16.1. The Morgan fingerprint density at radius 2 is 2.13 bits per heavy atom. The summed E-state index contributed by atoms with van der Waals surface area (Å²) in [5, 5.41) is 8.68. The molecule has 2 aliphatic carbocycles. The second-order valence-electron chi connectivity index (χ2n) is 8.18. The fourth-order valence-electron chi connectivity index (χ4n) is 4.50. The van der Waals surface area contributed by atoms with Crippen molar-refractivity contribution in [2.24, 2.45) is 11.7 Å². The number of rotatable bonds is 3. The van der Waals surface area contributed by atoms with Gasteiger partial charge in [-0.25, -0.2) is 13.6 Å². The van der Waals surface area contributed by atoms with Gasteiger partial charge in [0.2, 0.25) is 5.43 Å². The smallest absolute Gasteiger partial charge is 0.449 e. The fourth-order valence-corrected chi connectivity index (χ4v) is 4.91. The first-order valence-electron chi connectivity index (χ1n) is 9.71. The van der Waals surface area contributed by atoms with Gasteiger partial charge >= 0.3 is 6.16 Å². The van der Waals surface area contributed by atoms with Crippen molar-refractivity contribution < 1.29 is 23.4 Å². The van der Waals surface area contributed by atoms with Crippen molar-refractivity contribution in [2.45, 2.75) is 24.2 Å². The van der Waals surface area contributed by atoms with Crippen molar-refractivity contribution in [1.29, 1.82) is 0 Å². The molecule has 0 radical (unpaired) electrons. The van der Waals surface area contributed by atoms with E-state index in [1.807, 2.05) is 24.3 Å². The minimum absolute atomic E-state index is 0.0455. The molecule has 3 N–H and O–H groups in total. The number of allylic oxidation sites excluding steroid dienone is 2. The third-order valence-electron chi connectivity index (χ3n) is 6.14. The highest BCUT2D eigenvalue weighted by atomic mass is 35.5. The number of hydrogen-bond donors (Lipinski definition) is 2. The molecule has 2 fully saturated rings. The number of carboxylic acid groups (broad SMARTS) is 1. The lowest BCUT2D eigenvalue weighted by Gasteiger charge is -2.27. The monoisotopic (exact) mass is 449 g/mol. The van der Waals surface area contributed by atoms with Gasteiger partial charge in [-0.3, -0.25) is 4.79 Å². The minimum atomic E-state index is -1.70. The summed E-state index contributed by atoms with van der Waals surface area (Å²) in [6.45, 7) is 0.722. The Morgan fingerprint density at radius 3 is 2.77 bits per heavy atom. The predicted octanol–water partition coefficient (Wildman–Crippen LogP) is 3.39. The Balaban J connectivity index is 1.70. The maximum atomic E-state index is 15.3. The Bertz CT molecular complexity index is 1240. The van der Waals surface area contributed by atoms with E-state index in [0.717, 1.165) is 12.3 Å². The number of nitrogens with two attached hydrogens (primary N) is 1. The Kier molecular flexibility index (Phi) is 4.39. The van der Waals surface area contributed by atoms with Gasteiger partial charge in [-0.1, -0.05) is 35.9 Å². The summed E-state index contributed by atoms with van der Waals surface area (Å²) >= 11 is 6.63. The molecule has 2 aromatic rings.